The predicted octanol–water partition coefficient (Wildman–Crippen LogP) is 0.0529. The molecule has 0 radical (unpaired) electrons. The van der Waals surface area contributed by atoms with Gasteiger partial charge in [-0.2, -0.15) is 0 Å². The zero-order valence-corrected chi connectivity index (χ0v) is 11.0. The first-order valence-electron chi connectivity index (χ1n) is 5.77. The lowest BCUT2D eigenvalue weighted by molar-refractivity contribution is -0.132. The fraction of sp³-hybridized carbons (Fsp3) is 0.636. The first-order valence-corrected chi connectivity index (χ1v) is 7.60. The van der Waals surface area contributed by atoms with Crippen LogP contribution in [0.15, 0.2) is 12.2 Å². The molecule has 0 bridgehead atoms. The van der Waals surface area contributed by atoms with E-state index in [2.05, 4.69) is 0 Å². The van der Waals surface area contributed by atoms with Crippen molar-refractivity contribution in [2.45, 2.75) is 25.8 Å². The summed E-state index contributed by atoms with van der Waals surface area (Å²) in [6, 6.07) is -0.333. The molecule has 1 heterocycles. The summed E-state index contributed by atoms with van der Waals surface area (Å²) in [6.45, 7) is 2.31. The standard InChI is InChI=1S/C11H17NO5S/c1-2-6-12(10(13)3-4-11(14)15)9-5-7-18(16,17)8-9/h3-4,9H,2,5-8H2,1H3,(H,14,15)/b4-3+/t9-/m1/s1. The molecule has 0 aromatic rings. The number of amides is 1. The Labute approximate surface area is 106 Å². The minimum Gasteiger partial charge on any atom is -0.478 e. The molecule has 1 saturated heterocycles. The summed E-state index contributed by atoms with van der Waals surface area (Å²) in [4.78, 5) is 23.6. The molecule has 18 heavy (non-hydrogen) atoms. The van der Waals surface area contributed by atoms with Gasteiger partial charge in [-0.1, -0.05) is 6.92 Å². The van der Waals surface area contributed by atoms with E-state index in [-0.39, 0.29) is 17.5 Å². The van der Waals surface area contributed by atoms with Crippen molar-refractivity contribution in [2.24, 2.45) is 0 Å². The maximum absolute atomic E-state index is 11.8. The van der Waals surface area contributed by atoms with E-state index in [1.54, 1.807) is 0 Å². The lowest BCUT2D eigenvalue weighted by Crippen LogP contribution is -2.40. The summed E-state index contributed by atoms with van der Waals surface area (Å²) in [7, 11) is -3.06. The van der Waals surface area contributed by atoms with Gasteiger partial charge in [-0.25, -0.2) is 13.2 Å². The number of hydrogen-bond acceptors (Lipinski definition) is 4. The van der Waals surface area contributed by atoms with E-state index in [1.165, 1.54) is 4.90 Å². The van der Waals surface area contributed by atoms with Gasteiger partial charge in [0.05, 0.1) is 11.5 Å². The largest absolute Gasteiger partial charge is 0.478 e. The highest BCUT2D eigenvalue weighted by molar-refractivity contribution is 7.91. The number of sulfone groups is 1. The van der Waals surface area contributed by atoms with Gasteiger partial charge >= 0.3 is 5.97 Å². The topological polar surface area (TPSA) is 91.8 Å². The van der Waals surface area contributed by atoms with E-state index in [4.69, 9.17) is 5.11 Å². The molecule has 1 aliphatic rings. The van der Waals surface area contributed by atoms with Gasteiger partial charge in [0.2, 0.25) is 5.91 Å². The van der Waals surface area contributed by atoms with Crippen molar-refractivity contribution >= 4 is 21.7 Å². The number of hydrogen-bond donors (Lipinski definition) is 1. The second kappa shape index (κ2) is 5.99. The SMILES string of the molecule is CCCN(C(=O)/C=C/C(=O)O)[C@@H]1CCS(=O)(=O)C1. The molecule has 0 spiro atoms. The molecule has 1 rings (SSSR count). The summed E-state index contributed by atoms with van der Waals surface area (Å²) in [5.41, 5.74) is 0. The number of nitrogens with zero attached hydrogens (tertiary/aromatic N) is 1. The molecule has 0 aromatic carbocycles. The van der Waals surface area contributed by atoms with Crippen LogP contribution >= 0.6 is 0 Å². The average molecular weight is 275 g/mol. The van der Waals surface area contributed by atoms with Crippen molar-refractivity contribution in [1.29, 1.82) is 0 Å². The fourth-order valence-electron chi connectivity index (χ4n) is 1.97. The molecular weight excluding hydrogens is 258 g/mol. The Hall–Kier alpha value is -1.37. The van der Waals surface area contributed by atoms with Gasteiger partial charge in [0.25, 0.3) is 0 Å². The van der Waals surface area contributed by atoms with Gasteiger partial charge in [-0.15, -0.1) is 0 Å². The van der Waals surface area contributed by atoms with Crippen LogP contribution in [0.4, 0.5) is 0 Å². The highest BCUT2D eigenvalue weighted by Gasteiger charge is 2.33. The lowest BCUT2D eigenvalue weighted by atomic mass is 10.2. The van der Waals surface area contributed by atoms with Crippen LogP contribution in [0.3, 0.4) is 0 Å². The van der Waals surface area contributed by atoms with E-state index in [0.29, 0.717) is 19.4 Å². The molecule has 1 fully saturated rings. The second-order valence-electron chi connectivity index (χ2n) is 4.26. The Balaban J connectivity index is 2.77. The van der Waals surface area contributed by atoms with Crippen molar-refractivity contribution in [2.75, 3.05) is 18.1 Å². The quantitative estimate of drug-likeness (QED) is 0.716. The third-order valence-corrected chi connectivity index (χ3v) is 4.52. The lowest BCUT2D eigenvalue weighted by Gasteiger charge is -2.26. The summed E-state index contributed by atoms with van der Waals surface area (Å²) in [6.07, 6.45) is 2.87. The van der Waals surface area contributed by atoms with E-state index < -0.39 is 21.7 Å². The minimum atomic E-state index is -3.06. The van der Waals surface area contributed by atoms with Gasteiger partial charge < -0.3 is 10.0 Å². The molecule has 0 aromatic heterocycles. The Bertz CT molecular complexity index is 454. The summed E-state index contributed by atoms with van der Waals surface area (Å²) in [5, 5.41) is 8.47. The molecule has 1 aliphatic heterocycles. The molecule has 1 N–H and O–H groups in total. The zero-order chi connectivity index (χ0) is 13.8. The minimum absolute atomic E-state index is 0.0281. The normalized spacial score (nSPS) is 22.2. The molecule has 1 atom stereocenters. The smallest absolute Gasteiger partial charge is 0.328 e. The molecule has 0 unspecified atom stereocenters. The van der Waals surface area contributed by atoms with E-state index in [1.807, 2.05) is 6.92 Å². The molecule has 7 heteroatoms. The summed E-state index contributed by atoms with van der Waals surface area (Å²) >= 11 is 0. The first-order chi connectivity index (χ1) is 8.35. The van der Waals surface area contributed by atoms with Crippen LogP contribution in [0.25, 0.3) is 0 Å². The van der Waals surface area contributed by atoms with Gasteiger partial charge in [0.1, 0.15) is 0 Å². The third-order valence-electron chi connectivity index (χ3n) is 2.77. The number of carboxylic acid groups (broad SMARTS) is 1. The monoisotopic (exact) mass is 275 g/mol. The van der Waals surface area contributed by atoms with Crippen LogP contribution in [-0.4, -0.2) is 54.4 Å². The van der Waals surface area contributed by atoms with Crippen molar-refractivity contribution in [3.8, 4) is 0 Å². The van der Waals surface area contributed by atoms with Gasteiger partial charge in [0, 0.05) is 24.7 Å². The van der Waals surface area contributed by atoms with Crippen molar-refractivity contribution in [3.05, 3.63) is 12.2 Å². The maximum Gasteiger partial charge on any atom is 0.328 e. The highest BCUT2D eigenvalue weighted by Crippen LogP contribution is 2.18. The van der Waals surface area contributed by atoms with Crippen molar-refractivity contribution in [1.82, 2.24) is 4.90 Å². The van der Waals surface area contributed by atoms with Crippen LogP contribution in [0.5, 0.6) is 0 Å². The molecule has 6 nitrogen and oxygen atoms in total. The van der Waals surface area contributed by atoms with Crippen LogP contribution in [0.2, 0.25) is 0 Å². The number of carbonyl (C=O) groups excluding carboxylic acids is 1. The molecule has 1 amide bonds. The number of rotatable bonds is 5. The van der Waals surface area contributed by atoms with Crippen LogP contribution < -0.4 is 0 Å². The summed E-state index contributed by atoms with van der Waals surface area (Å²) in [5.74, 6) is -1.58. The predicted molar refractivity (Wildman–Crippen MR) is 65.8 cm³/mol. The maximum atomic E-state index is 11.8. The van der Waals surface area contributed by atoms with E-state index in [0.717, 1.165) is 12.2 Å². The number of aliphatic carboxylic acids is 1. The van der Waals surface area contributed by atoms with E-state index in [9.17, 15) is 18.0 Å². The van der Waals surface area contributed by atoms with E-state index >= 15 is 0 Å². The summed E-state index contributed by atoms with van der Waals surface area (Å²) < 4.78 is 22.8. The van der Waals surface area contributed by atoms with Crippen molar-refractivity contribution < 1.29 is 23.1 Å². The van der Waals surface area contributed by atoms with Crippen LogP contribution in [-0.2, 0) is 19.4 Å². The fourth-order valence-corrected chi connectivity index (χ4v) is 3.70. The molecule has 102 valence electrons. The van der Waals surface area contributed by atoms with Crippen molar-refractivity contribution in [3.63, 3.8) is 0 Å². The Morgan fingerprint density at radius 2 is 2.06 bits per heavy atom. The zero-order valence-electron chi connectivity index (χ0n) is 10.2. The van der Waals surface area contributed by atoms with Crippen LogP contribution in [0.1, 0.15) is 19.8 Å². The second-order valence-corrected chi connectivity index (χ2v) is 6.49. The van der Waals surface area contributed by atoms with Crippen LogP contribution in [0, 0.1) is 0 Å². The van der Waals surface area contributed by atoms with Gasteiger partial charge in [-0.05, 0) is 12.8 Å². The Morgan fingerprint density at radius 3 is 2.50 bits per heavy atom. The Morgan fingerprint density at radius 1 is 1.39 bits per heavy atom. The first kappa shape index (κ1) is 14.7. The molecule has 0 aliphatic carbocycles. The average Bonchev–Trinajstić information content (AvgIpc) is 2.63. The Kier molecular flexibility index (Phi) is 4.89. The van der Waals surface area contributed by atoms with Gasteiger partial charge in [-0.3, -0.25) is 4.79 Å². The molecular formula is C11H17NO5S. The molecule has 0 saturated carbocycles. The number of carbonyl (C=O) groups is 2. The number of carboxylic acids is 1. The van der Waals surface area contributed by atoms with Gasteiger partial charge in [0.15, 0.2) is 9.84 Å². The third kappa shape index (κ3) is 4.14. The highest BCUT2D eigenvalue weighted by atomic mass is 32.2.